The number of non-ortho nitro benzene ring substituents is 1. The Bertz CT molecular complexity index is 1110. The number of benzene rings is 2. The van der Waals surface area contributed by atoms with Gasteiger partial charge in [-0.25, -0.2) is 0 Å². The van der Waals surface area contributed by atoms with Crippen molar-refractivity contribution in [1.29, 1.82) is 0 Å². The molecule has 0 radical (unpaired) electrons. The highest BCUT2D eigenvalue weighted by molar-refractivity contribution is 7.98. The Morgan fingerprint density at radius 1 is 1.25 bits per heavy atom. The smallest absolute Gasteiger partial charge is 0.271 e. The van der Waals surface area contributed by atoms with Crippen LogP contribution in [0, 0.1) is 10.1 Å². The molecule has 1 N–H and O–H groups in total. The van der Waals surface area contributed by atoms with Gasteiger partial charge in [-0.2, -0.15) is 0 Å². The molecule has 0 spiro atoms. The fraction of sp³-hybridized carbons (Fsp3) is 0.105. The van der Waals surface area contributed by atoms with Gasteiger partial charge in [0, 0.05) is 38.2 Å². The van der Waals surface area contributed by atoms with Crippen molar-refractivity contribution in [3.63, 3.8) is 0 Å². The maximum Gasteiger partial charge on any atom is 0.271 e. The van der Waals surface area contributed by atoms with Gasteiger partial charge in [-0.1, -0.05) is 17.7 Å². The normalized spacial score (nSPS) is 12.1. The van der Waals surface area contributed by atoms with Gasteiger partial charge in [0.1, 0.15) is 5.75 Å². The van der Waals surface area contributed by atoms with E-state index in [4.69, 9.17) is 16.3 Å². The summed E-state index contributed by atoms with van der Waals surface area (Å²) in [5.74, 6) is 0.779. The Kier molecular flexibility index (Phi) is 5.01. The van der Waals surface area contributed by atoms with Gasteiger partial charge in [0.15, 0.2) is 0 Å². The van der Waals surface area contributed by atoms with Crippen LogP contribution >= 0.6 is 34.7 Å². The number of methoxy groups -OCH3 is 1. The largest absolute Gasteiger partial charge is 0.495 e. The van der Waals surface area contributed by atoms with Gasteiger partial charge < -0.3 is 10.1 Å². The van der Waals surface area contributed by atoms with Crippen molar-refractivity contribution in [2.24, 2.45) is 0 Å². The van der Waals surface area contributed by atoms with E-state index in [1.165, 1.54) is 36.6 Å². The van der Waals surface area contributed by atoms with Gasteiger partial charge in [0.2, 0.25) is 0 Å². The fourth-order valence-electron chi connectivity index (χ4n) is 2.93. The summed E-state index contributed by atoms with van der Waals surface area (Å²) in [5, 5.41) is 14.4. The quantitative estimate of drug-likeness (QED) is 0.413. The number of carbonyl (C=O) groups excluding carboxylic acids is 1. The summed E-state index contributed by atoms with van der Waals surface area (Å²) in [6.45, 7) is 0. The molecule has 0 atom stereocenters. The van der Waals surface area contributed by atoms with E-state index in [9.17, 15) is 14.9 Å². The molecule has 9 heteroatoms. The van der Waals surface area contributed by atoms with Gasteiger partial charge in [-0.3, -0.25) is 14.9 Å². The topological polar surface area (TPSA) is 81.5 Å². The van der Waals surface area contributed by atoms with E-state index in [2.05, 4.69) is 5.32 Å². The lowest BCUT2D eigenvalue weighted by atomic mass is 10.1. The number of anilines is 1. The summed E-state index contributed by atoms with van der Waals surface area (Å²) in [6, 6.07) is 11.7. The predicted octanol–water partition coefficient (Wildman–Crippen LogP) is 5.84. The van der Waals surface area contributed by atoms with E-state index in [0.29, 0.717) is 15.6 Å². The molecular weight excluding hydrogens is 420 g/mol. The second-order valence-corrected chi connectivity index (χ2v) is 8.50. The Balaban J connectivity index is 1.65. The Hall–Kier alpha value is -2.55. The third kappa shape index (κ3) is 3.46. The van der Waals surface area contributed by atoms with Gasteiger partial charge >= 0.3 is 0 Å². The molecule has 1 aromatic heterocycles. The van der Waals surface area contributed by atoms with Crippen molar-refractivity contribution in [2.75, 3.05) is 12.4 Å². The number of nitro benzene ring substituents is 1. The fourth-order valence-corrected chi connectivity index (χ4v) is 5.51. The average molecular weight is 433 g/mol. The zero-order chi connectivity index (χ0) is 19.8. The van der Waals surface area contributed by atoms with Gasteiger partial charge in [-0.15, -0.1) is 23.1 Å². The molecule has 0 fully saturated rings. The van der Waals surface area contributed by atoms with Crippen LogP contribution in [0.1, 0.15) is 15.2 Å². The minimum absolute atomic E-state index is 0.121. The zero-order valence-corrected chi connectivity index (χ0v) is 16.9. The van der Waals surface area contributed by atoms with E-state index in [-0.39, 0.29) is 17.3 Å². The number of nitrogens with zero attached hydrogens (tertiary/aromatic N) is 1. The van der Waals surface area contributed by atoms with Crippen LogP contribution in [0.4, 0.5) is 11.4 Å². The van der Waals surface area contributed by atoms with E-state index in [1.54, 1.807) is 11.8 Å². The van der Waals surface area contributed by atoms with Crippen LogP contribution < -0.4 is 10.1 Å². The molecule has 6 nitrogen and oxygen atoms in total. The number of nitro groups is 1. The van der Waals surface area contributed by atoms with Crippen LogP contribution in [0.3, 0.4) is 0 Å². The monoisotopic (exact) mass is 432 g/mol. The first-order valence-corrected chi connectivity index (χ1v) is 10.3. The lowest BCUT2D eigenvalue weighted by Crippen LogP contribution is -2.11. The summed E-state index contributed by atoms with van der Waals surface area (Å²) in [5.41, 5.74) is 2.28. The minimum atomic E-state index is -0.516. The molecule has 0 bridgehead atoms. The maximum atomic E-state index is 12.8. The molecule has 1 aliphatic heterocycles. The maximum absolute atomic E-state index is 12.8. The van der Waals surface area contributed by atoms with E-state index in [1.807, 2.05) is 24.3 Å². The van der Waals surface area contributed by atoms with Crippen LogP contribution in [-0.4, -0.2) is 17.9 Å². The summed E-state index contributed by atoms with van der Waals surface area (Å²) in [7, 11) is 1.44. The average Bonchev–Trinajstić information content (AvgIpc) is 3.12. The Labute approximate surface area is 173 Å². The second kappa shape index (κ2) is 7.46. The van der Waals surface area contributed by atoms with E-state index in [0.717, 1.165) is 26.7 Å². The highest BCUT2D eigenvalue weighted by Gasteiger charge is 2.23. The predicted molar refractivity (Wildman–Crippen MR) is 112 cm³/mol. The third-order valence-electron chi connectivity index (χ3n) is 4.25. The molecule has 28 heavy (non-hydrogen) atoms. The molecule has 3 aromatic rings. The summed E-state index contributed by atoms with van der Waals surface area (Å²) in [4.78, 5) is 26.0. The molecule has 2 heterocycles. The molecule has 4 rings (SSSR count). The van der Waals surface area contributed by atoms with Crippen LogP contribution in [-0.2, 0) is 5.75 Å². The molecule has 1 amide bonds. The number of rotatable bonds is 4. The highest BCUT2D eigenvalue weighted by atomic mass is 35.5. The number of carbonyl (C=O) groups is 1. The van der Waals surface area contributed by atoms with Crippen LogP contribution in [0.25, 0.3) is 10.4 Å². The second-order valence-electron chi connectivity index (χ2n) is 5.99. The molecule has 0 aliphatic carbocycles. The number of ether oxygens (including phenoxy) is 1. The Morgan fingerprint density at radius 3 is 2.82 bits per heavy atom. The number of thiophene rings is 1. The van der Waals surface area contributed by atoms with Crippen molar-refractivity contribution in [1.82, 2.24) is 0 Å². The third-order valence-corrected chi connectivity index (χ3v) is 6.79. The van der Waals surface area contributed by atoms with Crippen LogP contribution in [0.15, 0.2) is 47.4 Å². The van der Waals surface area contributed by atoms with Gasteiger partial charge in [0.25, 0.3) is 11.6 Å². The summed E-state index contributed by atoms with van der Waals surface area (Å²) in [6.07, 6.45) is 0. The molecule has 2 aromatic carbocycles. The number of thioether (sulfide) groups is 1. The highest BCUT2D eigenvalue weighted by Crippen LogP contribution is 2.46. The Morgan fingerprint density at radius 2 is 2.07 bits per heavy atom. The number of hydrogen-bond donors (Lipinski definition) is 1. The molecule has 0 saturated heterocycles. The number of fused-ring (bicyclic) bond motifs is 3. The van der Waals surface area contributed by atoms with Gasteiger partial charge in [0.05, 0.1) is 22.6 Å². The van der Waals surface area contributed by atoms with Crippen LogP contribution in [0.2, 0.25) is 5.02 Å². The van der Waals surface area contributed by atoms with E-state index >= 15 is 0 Å². The van der Waals surface area contributed by atoms with Crippen molar-refractivity contribution in [3.8, 4) is 16.2 Å². The van der Waals surface area contributed by atoms with Crippen molar-refractivity contribution in [2.45, 2.75) is 10.6 Å². The van der Waals surface area contributed by atoms with Crippen LogP contribution in [0.5, 0.6) is 5.75 Å². The standard InChI is InChI=1S/C19H13ClN2O4S2/c1-26-15-5-3-12(22(24)25)8-14(15)21-19(23)17-6-10-9-27-16-7-11(20)2-4-13(16)18(10)28-17/h2-8H,9H2,1H3,(H,21,23). The minimum Gasteiger partial charge on any atom is -0.495 e. The lowest BCUT2D eigenvalue weighted by Gasteiger charge is -2.15. The van der Waals surface area contributed by atoms with Crippen molar-refractivity contribution < 1.29 is 14.5 Å². The van der Waals surface area contributed by atoms with E-state index < -0.39 is 4.92 Å². The number of nitrogens with one attached hydrogen (secondary N) is 1. The SMILES string of the molecule is COc1ccc([N+](=O)[O-])cc1NC(=O)c1cc2c(s1)-c1ccc(Cl)cc1SC2. The van der Waals surface area contributed by atoms with Crippen molar-refractivity contribution in [3.05, 3.63) is 68.0 Å². The summed E-state index contributed by atoms with van der Waals surface area (Å²) < 4.78 is 5.21. The number of hydrogen-bond acceptors (Lipinski definition) is 6. The number of amides is 1. The van der Waals surface area contributed by atoms with Crippen molar-refractivity contribution >= 4 is 52.0 Å². The first-order valence-electron chi connectivity index (χ1n) is 8.15. The number of halogens is 1. The first kappa shape index (κ1) is 18.8. The lowest BCUT2D eigenvalue weighted by molar-refractivity contribution is -0.384. The molecule has 0 unspecified atom stereocenters. The first-order chi connectivity index (χ1) is 13.5. The zero-order valence-electron chi connectivity index (χ0n) is 14.5. The molecule has 142 valence electrons. The molecule has 0 saturated carbocycles. The molecule has 1 aliphatic rings. The van der Waals surface area contributed by atoms with Gasteiger partial charge in [-0.05, 0) is 29.8 Å². The molecular formula is C19H13ClN2O4S2. The summed E-state index contributed by atoms with van der Waals surface area (Å²) >= 11 is 9.15.